The van der Waals surface area contributed by atoms with Gasteiger partial charge in [0.2, 0.25) is 0 Å². The van der Waals surface area contributed by atoms with E-state index in [4.69, 9.17) is 0 Å². The van der Waals surface area contributed by atoms with Crippen molar-refractivity contribution in [1.82, 2.24) is 4.90 Å². The summed E-state index contributed by atoms with van der Waals surface area (Å²) in [5.41, 5.74) is 0. The quantitative estimate of drug-likeness (QED) is 0.559. The van der Waals surface area contributed by atoms with Gasteiger partial charge in [-0.3, -0.25) is 0 Å². The van der Waals surface area contributed by atoms with E-state index in [0.717, 1.165) is 12.1 Å². The van der Waals surface area contributed by atoms with Crippen LogP contribution < -0.4 is 0 Å². The van der Waals surface area contributed by atoms with Crippen molar-refractivity contribution in [2.24, 2.45) is 0 Å². The Labute approximate surface area is 82.1 Å². The summed E-state index contributed by atoms with van der Waals surface area (Å²) in [5.74, 6) is 0. The largest absolute Gasteiger partial charge is 0.308 e. The molecule has 2 atom stereocenters. The van der Waals surface area contributed by atoms with E-state index in [1.165, 1.54) is 43.6 Å². The number of hydrogen-bond acceptors (Lipinski definition) is 1. The topological polar surface area (TPSA) is 3.24 Å². The normalized spacial score (nSPS) is 39.0. The Morgan fingerprint density at radius 1 is 1.23 bits per heavy atom. The third-order valence-electron chi connectivity index (χ3n) is 4.46. The van der Waals surface area contributed by atoms with Crippen molar-refractivity contribution < 1.29 is 4.48 Å². The highest BCUT2D eigenvalue weighted by atomic mass is 15.5. The lowest BCUT2D eigenvalue weighted by Crippen LogP contribution is -2.49. The molecule has 0 aromatic rings. The Morgan fingerprint density at radius 3 is 2.31 bits per heavy atom. The monoisotopic (exact) mass is 183 g/mol. The standard InChI is InChI=1S/C11H23N2/c1-4-12-9-13(7-5-6-8-13)11(3)10(12)2/h10-11H,4-9H2,1-3H3/q+1. The highest BCUT2D eigenvalue weighted by Crippen LogP contribution is 2.33. The van der Waals surface area contributed by atoms with Crippen LogP contribution in [0.2, 0.25) is 0 Å². The Bertz CT molecular complexity index is 185. The number of nitrogens with zero attached hydrogens (tertiary/aromatic N) is 2. The lowest BCUT2D eigenvalue weighted by atomic mass is 10.1. The summed E-state index contributed by atoms with van der Waals surface area (Å²) in [6, 6.07) is 1.66. The molecule has 2 nitrogen and oxygen atoms in total. The zero-order chi connectivity index (χ0) is 9.47. The molecule has 2 unspecified atom stereocenters. The van der Waals surface area contributed by atoms with Gasteiger partial charge in [0.15, 0.2) is 0 Å². The molecular formula is C11H23N2+. The van der Waals surface area contributed by atoms with Crippen LogP contribution in [-0.4, -0.2) is 47.8 Å². The summed E-state index contributed by atoms with van der Waals surface area (Å²) in [5, 5.41) is 0. The van der Waals surface area contributed by atoms with E-state index in [0.29, 0.717) is 0 Å². The molecule has 0 radical (unpaired) electrons. The van der Waals surface area contributed by atoms with Gasteiger partial charge in [0, 0.05) is 19.4 Å². The van der Waals surface area contributed by atoms with Crippen LogP contribution in [0, 0.1) is 0 Å². The number of likely N-dealkylation sites (N-methyl/N-ethyl adjacent to an activating group) is 1. The molecule has 2 heteroatoms. The number of quaternary nitrogens is 1. The van der Waals surface area contributed by atoms with Gasteiger partial charge in [0.25, 0.3) is 0 Å². The van der Waals surface area contributed by atoms with Crippen molar-refractivity contribution in [2.45, 2.75) is 45.7 Å². The van der Waals surface area contributed by atoms with Crippen molar-refractivity contribution in [3.8, 4) is 0 Å². The lowest BCUT2D eigenvalue weighted by Gasteiger charge is -2.33. The van der Waals surface area contributed by atoms with Crippen LogP contribution in [0.4, 0.5) is 0 Å². The first-order valence-electron chi connectivity index (χ1n) is 5.79. The van der Waals surface area contributed by atoms with Crippen LogP contribution in [0.1, 0.15) is 33.6 Å². The van der Waals surface area contributed by atoms with E-state index in [9.17, 15) is 0 Å². The van der Waals surface area contributed by atoms with Gasteiger partial charge in [-0.2, -0.15) is 0 Å². The highest BCUT2D eigenvalue weighted by Gasteiger charge is 2.48. The third kappa shape index (κ3) is 1.31. The second kappa shape index (κ2) is 3.25. The first kappa shape index (κ1) is 9.47. The minimum absolute atomic E-state index is 0.795. The Balaban J connectivity index is 2.14. The van der Waals surface area contributed by atoms with Crippen LogP contribution in [0.15, 0.2) is 0 Å². The summed E-state index contributed by atoms with van der Waals surface area (Å²) in [6.07, 6.45) is 2.91. The average molecular weight is 183 g/mol. The second-order valence-electron chi connectivity index (χ2n) is 4.90. The van der Waals surface area contributed by atoms with Crippen molar-refractivity contribution in [2.75, 3.05) is 26.3 Å². The Morgan fingerprint density at radius 2 is 1.85 bits per heavy atom. The van der Waals surface area contributed by atoms with Gasteiger partial charge in [-0.05, 0) is 13.8 Å². The van der Waals surface area contributed by atoms with Gasteiger partial charge in [-0.15, -0.1) is 0 Å². The maximum absolute atomic E-state index is 2.65. The van der Waals surface area contributed by atoms with Gasteiger partial charge in [0.1, 0.15) is 12.7 Å². The summed E-state index contributed by atoms with van der Waals surface area (Å²) >= 11 is 0. The number of rotatable bonds is 1. The fraction of sp³-hybridized carbons (Fsp3) is 1.00. The van der Waals surface area contributed by atoms with Gasteiger partial charge in [0.05, 0.1) is 19.1 Å². The first-order valence-corrected chi connectivity index (χ1v) is 5.79. The zero-order valence-corrected chi connectivity index (χ0v) is 9.29. The minimum Gasteiger partial charge on any atom is -0.308 e. The highest BCUT2D eigenvalue weighted by molar-refractivity contribution is 4.80. The predicted molar refractivity (Wildman–Crippen MR) is 55.4 cm³/mol. The first-order chi connectivity index (χ1) is 6.19. The molecule has 0 aromatic heterocycles. The van der Waals surface area contributed by atoms with Crippen LogP contribution >= 0.6 is 0 Å². The molecular weight excluding hydrogens is 160 g/mol. The van der Waals surface area contributed by atoms with E-state index in [-0.39, 0.29) is 0 Å². The van der Waals surface area contributed by atoms with E-state index in [1.54, 1.807) is 0 Å². The molecule has 2 heterocycles. The molecule has 76 valence electrons. The van der Waals surface area contributed by atoms with Gasteiger partial charge in [-0.25, -0.2) is 4.90 Å². The fourth-order valence-electron chi connectivity index (χ4n) is 3.28. The van der Waals surface area contributed by atoms with E-state index >= 15 is 0 Å². The van der Waals surface area contributed by atoms with Crippen molar-refractivity contribution in [3.05, 3.63) is 0 Å². The fourth-order valence-corrected chi connectivity index (χ4v) is 3.28. The van der Waals surface area contributed by atoms with Crippen molar-refractivity contribution >= 4 is 0 Å². The van der Waals surface area contributed by atoms with E-state index < -0.39 is 0 Å². The zero-order valence-electron chi connectivity index (χ0n) is 9.29. The Kier molecular flexibility index (Phi) is 2.37. The molecule has 2 aliphatic heterocycles. The average Bonchev–Trinajstić information content (AvgIpc) is 2.69. The summed E-state index contributed by atoms with van der Waals surface area (Å²) < 4.78 is 1.40. The molecule has 2 saturated heterocycles. The van der Waals surface area contributed by atoms with Crippen LogP contribution in [0.25, 0.3) is 0 Å². The molecule has 0 aliphatic carbocycles. The van der Waals surface area contributed by atoms with Gasteiger partial charge < -0.3 is 4.48 Å². The predicted octanol–water partition coefficient (Wildman–Crippen LogP) is 1.67. The van der Waals surface area contributed by atoms with Gasteiger partial charge >= 0.3 is 0 Å². The maximum Gasteiger partial charge on any atom is 0.135 e. The second-order valence-corrected chi connectivity index (χ2v) is 4.90. The molecule has 2 rings (SSSR count). The van der Waals surface area contributed by atoms with Crippen LogP contribution in [0.3, 0.4) is 0 Å². The molecule has 2 aliphatic rings. The molecule has 1 spiro atoms. The summed E-state index contributed by atoms with van der Waals surface area (Å²) in [4.78, 5) is 2.65. The van der Waals surface area contributed by atoms with E-state index in [1.807, 2.05) is 0 Å². The van der Waals surface area contributed by atoms with Crippen LogP contribution in [0.5, 0.6) is 0 Å². The molecule has 0 bridgehead atoms. The maximum atomic E-state index is 2.65. The molecule has 0 amide bonds. The van der Waals surface area contributed by atoms with Crippen molar-refractivity contribution in [3.63, 3.8) is 0 Å². The van der Waals surface area contributed by atoms with Crippen molar-refractivity contribution in [1.29, 1.82) is 0 Å². The molecule has 0 N–H and O–H groups in total. The smallest absolute Gasteiger partial charge is 0.135 e. The number of hydrogen-bond donors (Lipinski definition) is 0. The summed E-state index contributed by atoms with van der Waals surface area (Å²) in [6.45, 7) is 12.6. The van der Waals surface area contributed by atoms with Crippen LogP contribution in [-0.2, 0) is 0 Å². The molecule has 0 aromatic carbocycles. The third-order valence-corrected chi connectivity index (χ3v) is 4.46. The van der Waals surface area contributed by atoms with E-state index in [2.05, 4.69) is 25.7 Å². The molecule has 0 saturated carbocycles. The summed E-state index contributed by atoms with van der Waals surface area (Å²) in [7, 11) is 0. The minimum atomic E-state index is 0.795. The SMILES string of the molecule is CCN1C[N+]2(CCCC2)C(C)C1C. The Hall–Kier alpha value is -0.0800. The van der Waals surface area contributed by atoms with Gasteiger partial charge in [-0.1, -0.05) is 6.92 Å². The lowest BCUT2D eigenvalue weighted by molar-refractivity contribution is -0.930. The molecule has 13 heavy (non-hydrogen) atoms. The molecule has 2 fully saturated rings.